The summed E-state index contributed by atoms with van der Waals surface area (Å²) >= 11 is 6.29. The lowest BCUT2D eigenvalue weighted by Crippen LogP contribution is -2.47. The van der Waals surface area contributed by atoms with Crippen molar-refractivity contribution in [2.24, 2.45) is 0 Å². The zero-order valence-corrected chi connectivity index (χ0v) is 21.6. The third-order valence-electron chi connectivity index (χ3n) is 6.93. The van der Waals surface area contributed by atoms with Crippen molar-refractivity contribution in [3.8, 4) is 17.6 Å². The normalized spacial score (nSPS) is 20.8. The summed E-state index contributed by atoms with van der Waals surface area (Å²) in [6.07, 6.45) is 4.23. The van der Waals surface area contributed by atoms with Gasteiger partial charge in [-0.05, 0) is 32.5 Å². The van der Waals surface area contributed by atoms with E-state index in [0.29, 0.717) is 47.1 Å². The number of hydrogen-bond donors (Lipinski definition) is 2. The van der Waals surface area contributed by atoms with Gasteiger partial charge < -0.3 is 24.6 Å². The van der Waals surface area contributed by atoms with E-state index in [-0.39, 0.29) is 35.8 Å². The SMILES string of the molecule is CN1CCC[C@@](F)(COc2nc(N3CCNCC3)c3ccnc(Oc4c(Cl)c(F)cc5[nH]ncc45)c3n2)C1. The fraction of sp³-hybridized carbons (Fsp3) is 0.440. The van der Waals surface area contributed by atoms with Crippen LogP contribution in [0, 0.1) is 5.82 Å². The van der Waals surface area contributed by atoms with E-state index in [1.165, 1.54) is 12.3 Å². The molecule has 6 rings (SSSR count). The molecule has 2 fully saturated rings. The molecule has 38 heavy (non-hydrogen) atoms. The van der Waals surface area contributed by atoms with Crippen molar-refractivity contribution in [2.75, 3.05) is 57.8 Å². The van der Waals surface area contributed by atoms with Gasteiger partial charge in [0.05, 0.1) is 22.5 Å². The van der Waals surface area contributed by atoms with Crippen LogP contribution in [-0.4, -0.2) is 88.6 Å². The summed E-state index contributed by atoms with van der Waals surface area (Å²) in [5.74, 6) is 0.123. The Balaban J connectivity index is 1.42. The summed E-state index contributed by atoms with van der Waals surface area (Å²) in [6, 6.07) is 3.06. The van der Waals surface area contributed by atoms with E-state index in [9.17, 15) is 4.39 Å². The molecule has 0 unspecified atom stereocenters. The Bertz CT molecular complexity index is 1480. The number of aromatic nitrogens is 5. The maximum atomic E-state index is 15.5. The molecule has 0 radical (unpaired) electrons. The van der Waals surface area contributed by atoms with E-state index in [1.807, 2.05) is 11.9 Å². The molecule has 10 nitrogen and oxygen atoms in total. The van der Waals surface area contributed by atoms with Gasteiger partial charge in [0.2, 0.25) is 5.88 Å². The highest BCUT2D eigenvalue weighted by molar-refractivity contribution is 6.33. The molecule has 2 saturated heterocycles. The number of benzene rings is 1. The highest BCUT2D eigenvalue weighted by Crippen LogP contribution is 2.40. The number of piperidine rings is 1. The Labute approximate surface area is 222 Å². The first-order chi connectivity index (χ1) is 18.4. The predicted molar refractivity (Wildman–Crippen MR) is 140 cm³/mol. The Morgan fingerprint density at radius 3 is 2.84 bits per heavy atom. The molecule has 0 amide bonds. The van der Waals surface area contributed by atoms with Crippen molar-refractivity contribution in [3.63, 3.8) is 0 Å². The molecule has 2 aliphatic heterocycles. The van der Waals surface area contributed by atoms with Crippen LogP contribution in [0.15, 0.2) is 24.5 Å². The van der Waals surface area contributed by atoms with Gasteiger partial charge in [-0.25, -0.2) is 13.8 Å². The standard InChI is InChI=1S/C25H27ClF2N8O2/c1-35-8-2-4-25(28,13-35)14-37-24-32-20-15(22(33-24)36-9-6-29-7-10-36)3-5-30-23(20)38-21-16-12-31-34-18(16)11-17(27)19(21)26/h3,5,11-12,29H,2,4,6-10,13-14H2,1H3,(H,31,34)/t25-/m0/s1. The van der Waals surface area contributed by atoms with Gasteiger partial charge in [0, 0.05) is 45.0 Å². The molecule has 2 N–H and O–H groups in total. The molecule has 5 heterocycles. The predicted octanol–water partition coefficient (Wildman–Crippen LogP) is 3.71. The molecule has 0 saturated carbocycles. The number of anilines is 1. The minimum absolute atomic E-state index is 0.0212. The number of hydrogen-bond acceptors (Lipinski definition) is 9. The van der Waals surface area contributed by atoms with Crippen molar-refractivity contribution in [1.82, 2.24) is 35.4 Å². The highest BCUT2D eigenvalue weighted by atomic mass is 35.5. The second-order valence-corrected chi connectivity index (χ2v) is 10.2. The third kappa shape index (κ3) is 4.79. The fourth-order valence-corrected chi connectivity index (χ4v) is 5.27. The molecule has 200 valence electrons. The maximum absolute atomic E-state index is 15.5. The molecule has 1 aromatic carbocycles. The van der Waals surface area contributed by atoms with Gasteiger partial charge in [0.1, 0.15) is 28.8 Å². The van der Waals surface area contributed by atoms with Crippen LogP contribution < -0.4 is 19.7 Å². The maximum Gasteiger partial charge on any atom is 0.319 e. The van der Waals surface area contributed by atoms with Crippen LogP contribution in [0.3, 0.4) is 0 Å². The first-order valence-corrected chi connectivity index (χ1v) is 12.9. The van der Waals surface area contributed by atoms with Crippen LogP contribution in [0.25, 0.3) is 21.8 Å². The molecular formula is C25H27ClF2N8O2. The Morgan fingerprint density at radius 2 is 2.03 bits per heavy atom. The van der Waals surface area contributed by atoms with Gasteiger partial charge in [-0.3, -0.25) is 5.10 Å². The Kier molecular flexibility index (Phi) is 6.62. The summed E-state index contributed by atoms with van der Waals surface area (Å²) in [6.45, 7) is 3.96. The number of likely N-dealkylation sites (tertiary alicyclic amines) is 1. The van der Waals surface area contributed by atoms with Gasteiger partial charge in [-0.1, -0.05) is 11.6 Å². The van der Waals surface area contributed by atoms with Crippen molar-refractivity contribution in [1.29, 1.82) is 0 Å². The van der Waals surface area contributed by atoms with Gasteiger partial charge in [-0.15, -0.1) is 0 Å². The largest absolute Gasteiger partial charge is 0.460 e. The molecule has 1 atom stereocenters. The van der Waals surface area contributed by atoms with Crippen molar-refractivity contribution >= 4 is 39.2 Å². The number of H-pyrrole nitrogens is 1. The highest BCUT2D eigenvalue weighted by Gasteiger charge is 2.35. The second kappa shape index (κ2) is 10.1. The average molecular weight is 545 g/mol. The lowest BCUT2D eigenvalue weighted by Gasteiger charge is -2.34. The number of alkyl halides is 1. The number of nitrogens with zero attached hydrogens (tertiary/aromatic N) is 6. The third-order valence-corrected chi connectivity index (χ3v) is 7.28. The molecule has 13 heteroatoms. The van der Waals surface area contributed by atoms with E-state index in [2.05, 4.69) is 35.4 Å². The molecule has 0 bridgehead atoms. The van der Waals surface area contributed by atoms with E-state index in [1.54, 1.807) is 12.3 Å². The molecule has 0 spiro atoms. The zero-order chi connectivity index (χ0) is 26.3. The Morgan fingerprint density at radius 1 is 1.18 bits per heavy atom. The van der Waals surface area contributed by atoms with E-state index in [0.717, 1.165) is 26.1 Å². The van der Waals surface area contributed by atoms with Crippen LogP contribution in [-0.2, 0) is 0 Å². The second-order valence-electron chi connectivity index (χ2n) is 9.79. The number of ether oxygens (including phenoxy) is 2. The number of rotatable bonds is 6. The van der Waals surface area contributed by atoms with Crippen LogP contribution >= 0.6 is 11.6 Å². The number of nitrogens with one attached hydrogen (secondary N) is 2. The number of halogens is 3. The van der Waals surface area contributed by atoms with Crippen LogP contribution in [0.4, 0.5) is 14.6 Å². The van der Waals surface area contributed by atoms with Gasteiger partial charge in [0.25, 0.3) is 0 Å². The van der Waals surface area contributed by atoms with Gasteiger partial charge >= 0.3 is 6.01 Å². The van der Waals surface area contributed by atoms with Crippen LogP contribution in [0.5, 0.6) is 17.6 Å². The number of aromatic amines is 1. The molecule has 3 aromatic heterocycles. The summed E-state index contributed by atoms with van der Waals surface area (Å²) in [4.78, 5) is 17.7. The van der Waals surface area contributed by atoms with Crippen molar-refractivity contribution < 1.29 is 18.3 Å². The fourth-order valence-electron chi connectivity index (χ4n) is 5.07. The lowest BCUT2D eigenvalue weighted by atomic mass is 9.96. The van der Waals surface area contributed by atoms with E-state index >= 15 is 4.39 Å². The zero-order valence-electron chi connectivity index (χ0n) is 20.8. The van der Waals surface area contributed by atoms with Gasteiger partial charge in [-0.2, -0.15) is 15.1 Å². The van der Waals surface area contributed by atoms with Gasteiger partial charge in [0.15, 0.2) is 11.4 Å². The summed E-state index contributed by atoms with van der Waals surface area (Å²) < 4.78 is 42.0. The first kappa shape index (κ1) is 25.0. The Hall–Kier alpha value is -3.35. The summed E-state index contributed by atoms with van der Waals surface area (Å²) in [7, 11) is 1.90. The van der Waals surface area contributed by atoms with E-state index < -0.39 is 11.5 Å². The molecular weight excluding hydrogens is 518 g/mol. The molecule has 2 aliphatic rings. The van der Waals surface area contributed by atoms with Crippen LogP contribution in [0.1, 0.15) is 12.8 Å². The van der Waals surface area contributed by atoms with Crippen LogP contribution in [0.2, 0.25) is 5.02 Å². The van der Waals surface area contributed by atoms with E-state index in [4.69, 9.17) is 21.1 Å². The number of piperazine rings is 1. The smallest absolute Gasteiger partial charge is 0.319 e. The lowest BCUT2D eigenvalue weighted by molar-refractivity contribution is 0.0136. The minimum atomic E-state index is -1.50. The monoisotopic (exact) mass is 544 g/mol. The number of pyridine rings is 1. The average Bonchev–Trinajstić information content (AvgIpc) is 3.38. The summed E-state index contributed by atoms with van der Waals surface area (Å²) in [5.41, 5.74) is -0.735. The first-order valence-electron chi connectivity index (χ1n) is 12.5. The van der Waals surface area contributed by atoms with Crippen molar-refractivity contribution in [2.45, 2.75) is 18.5 Å². The number of fused-ring (bicyclic) bond motifs is 2. The van der Waals surface area contributed by atoms with Crippen molar-refractivity contribution in [3.05, 3.63) is 35.4 Å². The minimum Gasteiger partial charge on any atom is -0.460 e. The topological polar surface area (TPSA) is 104 Å². The summed E-state index contributed by atoms with van der Waals surface area (Å²) in [5, 5.41) is 11.0. The molecule has 0 aliphatic carbocycles. The molecule has 4 aromatic rings. The quantitative estimate of drug-likeness (QED) is 0.376.